The fourth-order valence-electron chi connectivity index (χ4n) is 5.10. The Hall–Kier alpha value is -3.80. The van der Waals surface area contributed by atoms with Gasteiger partial charge in [0.05, 0.1) is 32.0 Å². The molecule has 0 N–H and O–H groups in total. The van der Waals surface area contributed by atoms with Crippen molar-refractivity contribution >= 4 is 67.6 Å². The van der Waals surface area contributed by atoms with E-state index in [9.17, 15) is 9.59 Å². The summed E-state index contributed by atoms with van der Waals surface area (Å²) in [4.78, 5) is 33.3. The predicted molar refractivity (Wildman–Crippen MR) is 185 cm³/mol. The van der Waals surface area contributed by atoms with Crippen molar-refractivity contribution in [2.75, 3.05) is 6.61 Å². The number of halogens is 2. The molecule has 220 valence electrons. The molecule has 0 radical (unpaired) electrons. The summed E-state index contributed by atoms with van der Waals surface area (Å²) in [5.41, 5.74) is 3.93. The Balaban J connectivity index is 1.56. The summed E-state index contributed by atoms with van der Waals surface area (Å²) in [5, 5.41) is 0. The van der Waals surface area contributed by atoms with Gasteiger partial charge in [-0.25, -0.2) is 9.79 Å². The summed E-state index contributed by atoms with van der Waals surface area (Å²) in [7, 11) is 0. The summed E-state index contributed by atoms with van der Waals surface area (Å²) in [5.74, 6) is 0.177. The van der Waals surface area contributed by atoms with Gasteiger partial charge in [0.15, 0.2) is 4.80 Å². The maximum absolute atomic E-state index is 14.3. The largest absolute Gasteiger partial charge is 0.487 e. The molecular formula is C35H26BrIN2O4S. The lowest BCUT2D eigenvalue weighted by Gasteiger charge is -2.25. The van der Waals surface area contributed by atoms with E-state index in [1.54, 1.807) is 11.5 Å². The number of benzene rings is 4. The van der Waals surface area contributed by atoms with Gasteiger partial charge in [0.1, 0.15) is 12.4 Å². The van der Waals surface area contributed by atoms with Gasteiger partial charge in [0.2, 0.25) is 0 Å². The zero-order valence-corrected chi connectivity index (χ0v) is 28.1. The van der Waals surface area contributed by atoms with Crippen LogP contribution in [-0.4, -0.2) is 17.1 Å². The van der Waals surface area contributed by atoms with Crippen LogP contribution >= 0.6 is 49.9 Å². The third kappa shape index (κ3) is 6.22. The number of thiazole rings is 1. The highest BCUT2D eigenvalue weighted by Gasteiger charge is 2.35. The maximum atomic E-state index is 14.3. The highest BCUT2D eigenvalue weighted by Crippen LogP contribution is 2.35. The van der Waals surface area contributed by atoms with Crippen LogP contribution in [0.1, 0.15) is 35.2 Å². The first-order chi connectivity index (χ1) is 21.4. The van der Waals surface area contributed by atoms with E-state index in [1.165, 1.54) is 11.3 Å². The normalized spacial score (nSPS) is 14.6. The van der Waals surface area contributed by atoms with E-state index in [-0.39, 0.29) is 12.2 Å². The molecule has 6 nitrogen and oxygen atoms in total. The second-order valence-corrected chi connectivity index (χ2v) is 13.0. The van der Waals surface area contributed by atoms with Crippen LogP contribution in [0.5, 0.6) is 5.75 Å². The molecule has 1 aliphatic rings. The van der Waals surface area contributed by atoms with Crippen LogP contribution in [0.25, 0.3) is 11.8 Å². The molecular weight excluding hydrogens is 751 g/mol. The number of nitrogens with zero attached hydrogens (tertiary/aromatic N) is 2. The maximum Gasteiger partial charge on any atom is 0.338 e. The van der Waals surface area contributed by atoms with Crippen LogP contribution in [0.15, 0.2) is 123 Å². The second-order valence-electron chi connectivity index (χ2n) is 9.92. The molecule has 1 atom stereocenters. The van der Waals surface area contributed by atoms with Crippen molar-refractivity contribution in [1.82, 2.24) is 4.57 Å². The highest BCUT2D eigenvalue weighted by molar-refractivity contribution is 14.1. The molecule has 4 aromatic carbocycles. The molecule has 0 unspecified atom stereocenters. The Bertz CT molecular complexity index is 2040. The highest BCUT2D eigenvalue weighted by atomic mass is 127. The van der Waals surface area contributed by atoms with Gasteiger partial charge in [-0.3, -0.25) is 9.36 Å². The topological polar surface area (TPSA) is 69.9 Å². The fourth-order valence-corrected chi connectivity index (χ4v) is 7.80. The van der Waals surface area contributed by atoms with Gasteiger partial charge >= 0.3 is 5.97 Å². The van der Waals surface area contributed by atoms with Crippen LogP contribution in [0.2, 0.25) is 0 Å². The molecule has 9 heteroatoms. The summed E-state index contributed by atoms with van der Waals surface area (Å²) in [6.45, 7) is 2.35. The summed E-state index contributed by atoms with van der Waals surface area (Å²) in [6.07, 6.45) is 1.84. The predicted octanol–water partition coefficient (Wildman–Crippen LogP) is 6.88. The molecule has 0 saturated carbocycles. The molecule has 5 aromatic rings. The molecule has 0 aliphatic carbocycles. The fraction of sp³-hybridized carbons (Fsp3) is 0.114. The minimum Gasteiger partial charge on any atom is -0.487 e. The summed E-state index contributed by atoms with van der Waals surface area (Å²) < 4.78 is 15.7. The van der Waals surface area contributed by atoms with Gasteiger partial charge < -0.3 is 9.47 Å². The average molecular weight is 777 g/mol. The number of ether oxygens (including phenoxy) is 2. The number of hydrogen-bond donors (Lipinski definition) is 0. The molecule has 0 fully saturated rings. The monoisotopic (exact) mass is 776 g/mol. The number of hydrogen-bond acceptors (Lipinski definition) is 6. The molecule has 44 heavy (non-hydrogen) atoms. The molecule has 0 amide bonds. The van der Waals surface area contributed by atoms with Gasteiger partial charge in [-0.15, -0.1) is 0 Å². The lowest BCUT2D eigenvalue weighted by atomic mass is 9.93. The van der Waals surface area contributed by atoms with E-state index in [0.29, 0.717) is 33.0 Å². The van der Waals surface area contributed by atoms with Crippen LogP contribution in [0.3, 0.4) is 0 Å². The Morgan fingerprint density at radius 3 is 2.34 bits per heavy atom. The quantitative estimate of drug-likeness (QED) is 0.127. The Morgan fingerprint density at radius 2 is 1.66 bits per heavy atom. The summed E-state index contributed by atoms with van der Waals surface area (Å²) in [6, 6.07) is 32.2. The Labute approximate surface area is 280 Å². The lowest BCUT2D eigenvalue weighted by molar-refractivity contribution is -0.138. The van der Waals surface area contributed by atoms with E-state index in [1.807, 2.05) is 109 Å². The van der Waals surface area contributed by atoms with Gasteiger partial charge in [0.25, 0.3) is 5.56 Å². The number of rotatable bonds is 8. The molecule has 2 heterocycles. The smallest absolute Gasteiger partial charge is 0.338 e. The van der Waals surface area contributed by atoms with Gasteiger partial charge in [-0.05, 0) is 58.9 Å². The van der Waals surface area contributed by atoms with Gasteiger partial charge in [-0.2, -0.15) is 0 Å². The third-order valence-electron chi connectivity index (χ3n) is 7.04. The van der Waals surface area contributed by atoms with Gasteiger partial charge in [-0.1, -0.05) is 118 Å². The first-order valence-corrected chi connectivity index (χ1v) is 16.6. The molecule has 1 aromatic heterocycles. The number of esters is 1. The molecule has 6 rings (SSSR count). The Kier molecular flexibility index (Phi) is 9.25. The first-order valence-electron chi connectivity index (χ1n) is 13.9. The molecule has 1 aliphatic heterocycles. The Morgan fingerprint density at radius 1 is 1.00 bits per heavy atom. The van der Waals surface area contributed by atoms with Crippen molar-refractivity contribution in [3.05, 3.63) is 159 Å². The zero-order valence-electron chi connectivity index (χ0n) is 23.6. The SMILES string of the molecule is CCOC(=O)C1=C(c2ccccc2)N=c2s/c(=C\c3cc(Br)cc(I)c3OCc3ccccc3)c(=O)n2[C@@H]1c1ccccc1. The average Bonchev–Trinajstić information content (AvgIpc) is 3.35. The molecule has 0 spiro atoms. The minimum absolute atomic E-state index is 0.198. The first kappa shape index (κ1) is 30.2. The van der Waals surface area contributed by atoms with E-state index in [2.05, 4.69) is 38.5 Å². The van der Waals surface area contributed by atoms with Crippen molar-refractivity contribution in [1.29, 1.82) is 0 Å². The van der Waals surface area contributed by atoms with Crippen LogP contribution in [0.4, 0.5) is 0 Å². The zero-order chi connectivity index (χ0) is 30.6. The van der Waals surface area contributed by atoms with E-state index >= 15 is 0 Å². The van der Waals surface area contributed by atoms with Crippen molar-refractivity contribution in [3.8, 4) is 5.75 Å². The standard InChI is InChI=1S/C35H26BrIN2O4S/c1-2-42-34(41)29-30(23-14-8-4-9-15-23)38-35-39(31(29)24-16-10-5-11-17-24)33(40)28(44-35)19-25-18-26(36)20-27(37)32(25)43-21-22-12-6-3-7-13-22/h3-20,31H,2,21H2,1H3/b28-19-/t31-/m1/s1. The minimum atomic E-state index is -0.722. The number of carbonyl (C=O) groups excluding carboxylic acids is 1. The van der Waals surface area contributed by atoms with Crippen molar-refractivity contribution in [2.45, 2.75) is 19.6 Å². The number of fused-ring (bicyclic) bond motifs is 1. The third-order valence-corrected chi connectivity index (χ3v) is 9.28. The lowest BCUT2D eigenvalue weighted by Crippen LogP contribution is -2.40. The molecule has 0 bridgehead atoms. The van der Waals surface area contributed by atoms with Crippen molar-refractivity contribution < 1.29 is 14.3 Å². The van der Waals surface area contributed by atoms with E-state index < -0.39 is 12.0 Å². The van der Waals surface area contributed by atoms with E-state index in [4.69, 9.17) is 14.5 Å². The van der Waals surface area contributed by atoms with Crippen LogP contribution in [0, 0.1) is 3.57 Å². The van der Waals surface area contributed by atoms with E-state index in [0.717, 1.165) is 30.3 Å². The van der Waals surface area contributed by atoms with Crippen molar-refractivity contribution in [2.24, 2.45) is 4.99 Å². The number of aromatic nitrogens is 1. The van der Waals surface area contributed by atoms with Crippen LogP contribution < -0.4 is 19.6 Å². The van der Waals surface area contributed by atoms with Crippen molar-refractivity contribution in [3.63, 3.8) is 0 Å². The second kappa shape index (κ2) is 13.5. The van der Waals surface area contributed by atoms with Gasteiger partial charge in [0, 0.05) is 15.6 Å². The molecule has 0 saturated heterocycles. The van der Waals surface area contributed by atoms with Crippen LogP contribution in [-0.2, 0) is 16.1 Å². The number of carbonyl (C=O) groups is 1. The summed E-state index contributed by atoms with van der Waals surface area (Å²) >= 11 is 7.14.